The number of benzene rings is 7. The van der Waals surface area contributed by atoms with Gasteiger partial charge >= 0.3 is 0 Å². The zero-order valence-corrected chi connectivity index (χ0v) is 53.2. The van der Waals surface area contributed by atoms with Crippen molar-refractivity contribution in [1.82, 2.24) is 0 Å². The van der Waals surface area contributed by atoms with Crippen molar-refractivity contribution in [3.8, 4) is 23.3 Å². The van der Waals surface area contributed by atoms with Gasteiger partial charge in [-0.15, -0.1) is 0 Å². The molecule has 476 valence electrons. The third-order valence-corrected chi connectivity index (χ3v) is 24.9. The quantitative estimate of drug-likeness (QED) is 0.0237. The molecule has 5 aliphatic carbocycles. The number of hydrogen-bond donors (Lipinski definition) is 7. The highest BCUT2D eigenvalue weighted by Crippen LogP contribution is 2.61. The van der Waals surface area contributed by atoms with Crippen LogP contribution in [0.2, 0.25) is 0 Å². The number of aryl methyl sites for hydroxylation is 2. The highest BCUT2D eigenvalue weighted by Gasteiger charge is 2.60. The molecule has 7 aromatic carbocycles. The molecule has 7 aromatic rings. The lowest BCUT2D eigenvalue weighted by Gasteiger charge is -2.57. The van der Waals surface area contributed by atoms with Crippen molar-refractivity contribution in [1.29, 1.82) is 0 Å². The number of nitrogens with two attached hydrogens (primary N) is 2. The molecule has 3 fully saturated rings. The Morgan fingerprint density at radius 1 is 0.783 bits per heavy atom. The first-order valence-electron chi connectivity index (χ1n) is 33.8. The molecule has 10 aliphatic rings. The first-order chi connectivity index (χ1) is 44.5. The van der Waals surface area contributed by atoms with Gasteiger partial charge in [0.1, 0.15) is 17.6 Å². The number of fused-ring (bicyclic) bond motifs is 10. The largest absolute Gasteiger partial charge is 0.508 e. The van der Waals surface area contributed by atoms with Crippen molar-refractivity contribution >= 4 is 26.9 Å². The fraction of sp³-hybridized carbons (Fsp3) is 0.430. The Balaban J connectivity index is 0.847. The molecule has 17 atom stereocenters. The molecule has 5 aliphatic heterocycles. The second-order valence-electron chi connectivity index (χ2n) is 28.7. The van der Waals surface area contributed by atoms with E-state index in [1.807, 2.05) is 18.2 Å². The summed E-state index contributed by atoms with van der Waals surface area (Å²) in [6.07, 6.45) is 10.2. The van der Waals surface area contributed by atoms with Crippen LogP contribution in [0.5, 0.6) is 11.5 Å². The van der Waals surface area contributed by atoms with E-state index in [-0.39, 0.29) is 72.3 Å². The SMILES string of the molecule is C[C@@H]1CCc2cc3ccc2[C@H]1C[C@@H](S(=O)(=O)O)[C@H]1C=C2C[C@H](C[C@H]4C[C@@H](CO)CC#Cc5cc(O)ccc5[C@@H]2O4)[C@@H]1c1ccc(cc1)[C@](N=C(N)N)([C@H]1CC[C@H]2CC[C@H](c4ccc([C@@H](O)[C@H]5CCc6cccc7cccc5c67)cc4)C[C@@]2(O)[C@@H]1Cc1ccccc1)O3. The molecular weight excluding hydrogens is 1170 g/mol. The number of phenolic OH excluding ortho intramolecular Hbond substituents is 1. The molecule has 10 bridgehead atoms. The summed E-state index contributed by atoms with van der Waals surface area (Å²) < 4.78 is 56.1. The minimum absolute atomic E-state index is 0.0185. The lowest BCUT2D eigenvalue weighted by Crippen LogP contribution is -2.60. The van der Waals surface area contributed by atoms with Crippen molar-refractivity contribution in [2.45, 2.75) is 162 Å². The van der Waals surface area contributed by atoms with Crippen LogP contribution in [-0.4, -0.2) is 62.9 Å². The summed E-state index contributed by atoms with van der Waals surface area (Å²) in [5.41, 5.74) is 22.4. The van der Waals surface area contributed by atoms with E-state index in [1.165, 1.54) is 21.9 Å². The average Bonchev–Trinajstić information content (AvgIpc) is 0.755. The molecule has 2 saturated carbocycles. The van der Waals surface area contributed by atoms with Crippen LogP contribution in [-0.2, 0) is 39.8 Å². The summed E-state index contributed by atoms with van der Waals surface area (Å²) in [6.45, 7) is 2.11. The third-order valence-electron chi connectivity index (χ3n) is 23.7. The van der Waals surface area contributed by atoms with E-state index < -0.39 is 62.6 Å². The maximum atomic E-state index is 14.6. The van der Waals surface area contributed by atoms with Crippen LogP contribution < -0.4 is 16.2 Å². The predicted molar refractivity (Wildman–Crippen MR) is 358 cm³/mol. The van der Waals surface area contributed by atoms with Gasteiger partial charge in [0, 0.05) is 53.4 Å². The van der Waals surface area contributed by atoms with Crippen LogP contribution in [0.25, 0.3) is 10.8 Å². The lowest BCUT2D eigenvalue weighted by molar-refractivity contribution is -0.177. The second kappa shape index (κ2) is 24.2. The number of aliphatic hydroxyl groups excluding tert-OH is 2. The predicted octanol–water partition coefficient (Wildman–Crippen LogP) is 13.7. The van der Waals surface area contributed by atoms with Crippen LogP contribution in [0.3, 0.4) is 0 Å². The zero-order chi connectivity index (χ0) is 63.2. The Morgan fingerprint density at radius 2 is 1.54 bits per heavy atom. The molecule has 13 heteroatoms. The molecule has 5 heterocycles. The molecule has 0 amide bonds. The molecule has 12 nitrogen and oxygen atoms in total. The van der Waals surface area contributed by atoms with Gasteiger partial charge in [-0.3, -0.25) is 4.55 Å². The standard InChI is InChI=1S/C79H85N3O9S/c1-46-16-17-55-40-62-31-34-64(55)68(46)43-72(92(87,88)89)69-42-58-38-57(41-63-36-48(45-83)10-5-14-54-39-61(84)30-33-65(54)76(58)90-63)74(69)52-22-27-60(28-23-52)79(91-62,82-77(80)81)70-35-29-59-26-24-56(44-78(59,86)71(70)37-47-8-3-2-4-9-47)49-18-20-53(21-19-49)75(85)67-32-25-51-12-6-11-50-13-7-15-66(67)73(50)51/h2-4,6-9,11-13,15,18-23,27-28,30-31,33-34,39-40,42,46,48,56-57,59,63,67-72,74-76,83-86H,10,16-17,24-26,29,32,35-38,41,43-45H2,1H3,(H4,80,81,82)(H,87,88,89)/t46-,48+,56+,57-,59-,63-,67+,68+,69-,70+,71-,72-,74+,75-,76-,78+,79-/m1/s1. The Hall–Kier alpha value is -7.28. The summed E-state index contributed by atoms with van der Waals surface area (Å²) in [5, 5.41) is 49.3. The van der Waals surface area contributed by atoms with E-state index in [0.29, 0.717) is 68.2 Å². The molecule has 0 unspecified atom stereocenters. The molecule has 1 saturated heterocycles. The minimum atomic E-state index is -4.72. The molecule has 9 N–H and O–H groups in total. The summed E-state index contributed by atoms with van der Waals surface area (Å²) in [5.74, 6) is 4.51. The van der Waals surface area contributed by atoms with Gasteiger partial charge in [0.05, 0.1) is 23.1 Å². The van der Waals surface area contributed by atoms with Crippen LogP contribution in [0.4, 0.5) is 0 Å². The van der Waals surface area contributed by atoms with Crippen molar-refractivity contribution in [3.63, 3.8) is 0 Å². The topological polar surface area (TPSA) is 218 Å². The van der Waals surface area contributed by atoms with E-state index in [1.54, 1.807) is 12.1 Å². The second-order valence-corrected chi connectivity index (χ2v) is 30.4. The number of aliphatic imine (C=N–C) groups is 1. The number of guanidine groups is 1. The normalized spacial score (nSPS) is 32.5. The summed E-state index contributed by atoms with van der Waals surface area (Å²) >= 11 is 0. The van der Waals surface area contributed by atoms with E-state index >= 15 is 0 Å². The minimum Gasteiger partial charge on any atom is -0.508 e. The van der Waals surface area contributed by atoms with Crippen LogP contribution in [0.1, 0.15) is 181 Å². The number of rotatable bonds is 9. The number of aromatic hydroxyl groups is 1. The smallest absolute Gasteiger partial charge is 0.268 e. The number of hydrogen-bond acceptors (Lipinski definition) is 9. The Kier molecular flexibility index (Phi) is 16.1. The zero-order valence-electron chi connectivity index (χ0n) is 52.4. The number of allylic oxidation sites excluding steroid dienone is 1. The first-order valence-corrected chi connectivity index (χ1v) is 35.3. The first kappa shape index (κ1) is 60.9. The molecular formula is C79H85N3O9S. The maximum Gasteiger partial charge on any atom is 0.268 e. The van der Waals surface area contributed by atoms with Gasteiger partial charge in [0.2, 0.25) is 5.72 Å². The number of phenols is 1. The summed E-state index contributed by atoms with van der Waals surface area (Å²) in [7, 11) is -4.72. The van der Waals surface area contributed by atoms with Gasteiger partial charge in [-0.1, -0.05) is 152 Å². The lowest BCUT2D eigenvalue weighted by atomic mass is 9.53. The van der Waals surface area contributed by atoms with Crippen molar-refractivity contribution in [2.75, 3.05) is 6.61 Å². The Labute approximate surface area is 541 Å². The highest BCUT2D eigenvalue weighted by molar-refractivity contribution is 7.86. The molecule has 0 aromatic heterocycles. The Bertz CT molecular complexity index is 4170. The number of nitrogens with zero attached hydrogens (tertiary/aromatic N) is 1. The van der Waals surface area contributed by atoms with E-state index in [9.17, 15) is 33.4 Å². The van der Waals surface area contributed by atoms with E-state index in [2.05, 4.69) is 146 Å². The number of ether oxygens (including phenoxy) is 2. The van der Waals surface area contributed by atoms with Gasteiger partial charge in [0.25, 0.3) is 10.1 Å². The monoisotopic (exact) mass is 1250 g/mol. The van der Waals surface area contributed by atoms with Gasteiger partial charge in [-0.05, 0) is 216 Å². The van der Waals surface area contributed by atoms with Crippen LogP contribution >= 0.6 is 0 Å². The van der Waals surface area contributed by atoms with Crippen molar-refractivity contribution in [2.24, 2.45) is 57.9 Å². The molecule has 0 radical (unpaired) electrons. The molecule has 0 spiro atoms. The highest BCUT2D eigenvalue weighted by atomic mass is 32.2. The van der Waals surface area contributed by atoms with Gasteiger partial charge < -0.3 is 41.4 Å². The fourth-order valence-electron chi connectivity index (χ4n) is 19.3. The van der Waals surface area contributed by atoms with Crippen molar-refractivity contribution in [3.05, 3.63) is 225 Å². The summed E-state index contributed by atoms with van der Waals surface area (Å²) in [4.78, 5) is 5.38. The van der Waals surface area contributed by atoms with Gasteiger partial charge in [0.15, 0.2) is 5.96 Å². The fourth-order valence-corrected chi connectivity index (χ4v) is 20.4. The van der Waals surface area contributed by atoms with E-state index in [0.717, 1.165) is 83.0 Å². The van der Waals surface area contributed by atoms with Crippen LogP contribution in [0.15, 0.2) is 168 Å². The molecule has 17 rings (SSSR count). The van der Waals surface area contributed by atoms with E-state index in [4.69, 9.17) is 25.9 Å². The van der Waals surface area contributed by atoms with Crippen LogP contribution in [0, 0.1) is 53.3 Å². The Morgan fingerprint density at radius 3 is 2.33 bits per heavy atom. The molecule has 92 heavy (non-hydrogen) atoms. The number of aliphatic hydroxyl groups is 3. The average molecular weight is 1250 g/mol. The van der Waals surface area contributed by atoms with Gasteiger partial charge in [-0.25, -0.2) is 4.99 Å². The van der Waals surface area contributed by atoms with Gasteiger partial charge in [-0.2, -0.15) is 8.42 Å². The maximum absolute atomic E-state index is 14.6. The van der Waals surface area contributed by atoms with Crippen molar-refractivity contribution < 1.29 is 42.9 Å². The summed E-state index contributed by atoms with van der Waals surface area (Å²) in [6, 6.07) is 51.5. The third kappa shape index (κ3) is 11.0.